The zero-order valence-corrected chi connectivity index (χ0v) is 18.4. The number of fused-ring (bicyclic) bond motifs is 1. The molecule has 0 bridgehead atoms. The third-order valence-corrected chi connectivity index (χ3v) is 5.62. The monoisotopic (exact) mass is 472 g/mol. The summed E-state index contributed by atoms with van der Waals surface area (Å²) in [5, 5.41) is 0. The number of para-hydroxylation sites is 1. The van der Waals surface area contributed by atoms with Crippen LogP contribution in [0.1, 0.15) is 30.5 Å². The van der Waals surface area contributed by atoms with Gasteiger partial charge in [-0.2, -0.15) is 0 Å². The number of halogens is 1. The highest BCUT2D eigenvalue weighted by Crippen LogP contribution is 2.32. The lowest BCUT2D eigenvalue weighted by Crippen LogP contribution is -2.40. The van der Waals surface area contributed by atoms with Crippen LogP contribution in [-0.4, -0.2) is 25.2 Å². The van der Waals surface area contributed by atoms with Crippen molar-refractivity contribution in [1.29, 1.82) is 0 Å². The van der Waals surface area contributed by atoms with E-state index in [0.29, 0.717) is 22.7 Å². The van der Waals surface area contributed by atoms with Gasteiger partial charge in [0.25, 0.3) is 0 Å². The van der Waals surface area contributed by atoms with Crippen LogP contribution < -0.4 is 15.4 Å². The minimum Gasteiger partial charge on any atom is -0.430 e. The van der Waals surface area contributed by atoms with Crippen molar-refractivity contribution in [3.63, 3.8) is 0 Å². The van der Waals surface area contributed by atoms with Crippen LogP contribution in [0.4, 0.5) is 10.5 Å². The fraction of sp³-hybridized carbons (Fsp3) is 0.304. The van der Waals surface area contributed by atoms with E-state index in [9.17, 15) is 9.59 Å². The molecule has 1 aliphatic heterocycles. The van der Waals surface area contributed by atoms with E-state index in [-0.39, 0.29) is 18.9 Å². The molecule has 2 N–H and O–H groups in total. The maximum atomic E-state index is 13.1. The van der Waals surface area contributed by atoms with Crippen molar-refractivity contribution in [2.75, 3.05) is 18.1 Å². The van der Waals surface area contributed by atoms with E-state index in [0.717, 1.165) is 17.7 Å². The molecule has 0 radical (unpaired) electrons. The molecule has 0 saturated heterocycles. The Hall–Kier alpha value is -2.64. The van der Waals surface area contributed by atoms with Gasteiger partial charge in [-0.1, -0.05) is 59.8 Å². The van der Waals surface area contributed by atoms with Gasteiger partial charge in [-0.3, -0.25) is 4.79 Å². The zero-order chi connectivity index (χ0) is 21.7. The van der Waals surface area contributed by atoms with Crippen LogP contribution in [0.3, 0.4) is 0 Å². The van der Waals surface area contributed by atoms with Crippen molar-refractivity contribution >= 4 is 33.7 Å². The summed E-state index contributed by atoms with van der Waals surface area (Å²) in [5.74, 6) is 0.697. The van der Waals surface area contributed by atoms with Gasteiger partial charge in [0.05, 0.1) is 0 Å². The summed E-state index contributed by atoms with van der Waals surface area (Å²) >= 11 is 3.46. The average molecular weight is 473 g/mol. The molecule has 2 atom stereocenters. The van der Waals surface area contributed by atoms with Gasteiger partial charge < -0.3 is 20.1 Å². The Morgan fingerprint density at radius 1 is 1.33 bits per heavy atom. The number of rotatable bonds is 6. The fourth-order valence-corrected chi connectivity index (χ4v) is 4.22. The summed E-state index contributed by atoms with van der Waals surface area (Å²) in [5.41, 5.74) is 9.26. The van der Waals surface area contributed by atoms with Crippen LogP contribution >= 0.6 is 15.9 Å². The number of nitrogens with zero attached hydrogens (tertiary/aromatic N) is 1. The van der Waals surface area contributed by atoms with Gasteiger partial charge in [0, 0.05) is 29.2 Å². The van der Waals surface area contributed by atoms with Gasteiger partial charge in [-0.15, -0.1) is 0 Å². The van der Waals surface area contributed by atoms with Crippen molar-refractivity contribution < 1.29 is 19.1 Å². The highest BCUT2D eigenvalue weighted by atomic mass is 79.9. The maximum absolute atomic E-state index is 13.1. The Bertz CT molecular complexity index is 947. The first-order valence-electron chi connectivity index (χ1n) is 9.77. The molecule has 2 aromatic carbocycles. The lowest BCUT2D eigenvalue weighted by molar-refractivity contribution is -0.119. The van der Waals surface area contributed by atoms with Gasteiger partial charge in [0.2, 0.25) is 5.91 Å². The number of nitrogens with two attached hydrogens (primary N) is 1. The molecule has 3 rings (SSSR count). The molecule has 1 aliphatic rings. The summed E-state index contributed by atoms with van der Waals surface area (Å²) in [6, 6.07) is 12.5. The number of anilines is 1. The number of hydrogen-bond acceptors (Lipinski definition) is 5. The smallest absolute Gasteiger partial charge is 0.430 e. The van der Waals surface area contributed by atoms with Crippen LogP contribution in [0.15, 0.2) is 59.6 Å². The van der Waals surface area contributed by atoms with Gasteiger partial charge in [-0.25, -0.2) is 4.79 Å². The van der Waals surface area contributed by atoms with Crippen molar-refractivity contribution in [2.24, 2.45) is 11.7 Å². The van der Waals surface area contributed by atoms with Crippen molar-refractivity contribution in [1.82, 2.24) is 0 Å². The molecule has 158 valence electrons. The van der Waals surface area contributed by atoms with E-state index in [1.807, 2.05) is 23.1 Å². The maximum Gasteiger partial charge on any atom is 0.514 e. The highest BCUT2D eigenvalue weighted by Gasteiger charge is 2.27. The van der Waals surface area contributed by atoms with Crippen molar-refractivity contribution in [2.45, 2.75) is 25.8 Å². The third kappa shape index (κ3) is 5.29. The summed E-state index contributed by atoms with van der Waals surface area (Å²) in [6.07, 6.45) is 1.78. The number of carbonyl (C=O) groups is 2. The predicted octanol–water partition coefficient (Wildman–Crippen LogP) is 4.77. The molecule has 6 nitrogen and oxygen atoms in total. The Labute approximate surface area is 184 Å². The first-order valence-corrected chi connectivity index (χ1v) is 10.6. The molecule has 0 aromatic heterocycles. The normalized spacial score (nSPS) is 16.4. The molecular formula is C23H25BrN2O4. The minimum atomic E-state index is -0.813. The number of hydrogen-bond donors (Lipinski definition) is 1. The summed E-state index contributed by atoms with van der Waals surface area (Å²) < 4.78 is 10.6. The molecule has 0 fully saturated rings. The standard InChI is InChI=1S/C23H25BrN2O4/c1-3-10-29-23(28)30-17-8-9-18(19(24)12-17)20(25)13-22(27)26-14-15(2)11-16-6-4-5-7-21(16)26/h3-9,12,15,20H,1,10-11,13-14,25H2,2H3. The van der Waals surface area contributed by atoms with Crippen LogP contribution in [0.5, 0.6) is 5.75 Å². The molecule has 0 aliphatic carbocycles. The summed E-state index contributed by atoms with van der Waals surface area (Å²) in [6.45, 7) is 6.37. The predicted molar refractivity (Wildman–Crippen MR) is 120 cm³/mol. The van der Waals surface area contributed by atoms with Crippen LogP contribution in [-0.2, 0) is 16.0 Å². The van der Waals surface area contributed by atoms with E-state index >= 15 is 0 Å². The first-order chi connectivity index (χ1) is 14.4. The molecule has 1 amide bonds. The molecule has 7 heteroatoms. The highest BCUT2D eigenvalue weighted by molar-refractivity contribution is 9.10. The minimum absolute atomic E-state index is 0.0123. The van der Waals surface area contributed by atoms with Gasteiger partial charge in [-0.05, 0) is 41.7 Å². The fourth-order valence-electron chi connectivity index (χ4n) is 3.57. The Morgan fingerprint density at radius 3 is 2.83 bits per heavy atom. The Balaban J connectivity index is 1.68. The van der Waals surface area contributed by atoms with E-state index in [4.69, 9.17) is 15.2 Å². The number of carbonyl (C=O) groups excluding carboxylic acids is 2. The second-order valence-corrected chi connectivity index (χ2v) is 8.24. The number of amides is 1. The lowest BCUT2D eigenvalue weighted by atomic mass is 9.93. The van der Waals surface area contributed by atoms with E-state index in [1.54, 1.807) is 18.2 Å². The number of benzene rings is 2. The Morgan fingerprint density at radius 2 is 2.10 bits per heavy atom. The van der Waals surface area contributed by atoms with Crippen molar-refractivity contribution in [3.8, 4) is 5.75 Å². The molecular weight excluding hydrogens is 448 g/mol. The SMILES string of the molecule is C=CCOC(=O)Oc1ccc(C(N)CC(=O)N2CC(C)Cc3ccccc32)c(Br)c1. The second-order valence-electron chi connectivity index (χ2n) is 7.39. The second kappa shape index (κ2) is 9.91. The van der Waals surface area contributed by atoms with E-state index in [1.165, 1.54) is 11.6 Å². The summed E-state index contributed by atoms with van der Waals surface area (Å²) in [7, 11) is 0. The van der Waals surface area contributed by atoms with Crippen LogP contribution in [0, 0.1) is 5.92 Å². The zero-order valence-electron chi connectivity index (χ0n) is 16.8. The lowest BCUT2D eigenvalue weighted by Gasteiger charge is -2.34. The van der Waals surface area contributed by atoms with E-state index < -0.39 is 12.2 Å². The summed E-state index contributed by atoms with van der Waals surface area (Å²) in [4.78, 5) is 26.5. The molecule has 0 saturated carbocycles. The third-order valence-electron chi connectivity index (χ3n) is 4.93. The first kappa shape index (κ1) is 22.1. The topological polar surface area (TPSA) is 81.9 Å². The van der Waals surface area contributed by atoms with Gasteiger partial charge in [0.1, 0.15) is 12.4 Å². The molecule has 1 heterocycles. The van der Waals surface area contributed by atoms with Crippen LogP contribution in [0.2, 0.25) is 0 Å². The Kier molecular flexibility index (Phi) is 7.29. The molecule has 0 spiro atoms. The quantitative estimate of drug-likeness (QED) is 0.372. The van der Waals surface area contributed by atoms with E-state index in [2.05, 4.69) is 35.5 Å². The molecule has 30 heavy (non-hydrogen) atoms. The van der Waals surface area contributed by atoms with Crippen molar-refractivity contribution in [3.05, 3.63) is 70.7 Å². The molecule has 2 unspecified atom stereocenters. The number of ether oxygens (including phenoxy) is 2. The van der Waals surface area contributed by atoms with Gasteiger partial charge >= 0.3 is 6.16 Å². The van der Waals surface area contributed by atoms with Crippen LogP contribution in [0.25, 0.3) is 0 Å². The van der Waals surface area contributed by atoms with Gasteiger partial charge in [0.15, 0.2) is 0 Å². The average Bonchev–Trinajstić information content (AvgIpc) is 2.71. The molecule has 2 aromatic rings. The largest absolute Gasteiger partial charge is 0.514 e.